The number of ether oxygens (including phenoxy) is 1. The zero-order valence-electron chi connectivity index (χ0n) is 9.56. The molecule has 0 aromatic rings. The van der Waals surface area contributed by atoms with E-state index in [2.05, 4.69) is 4.40 Å². The zero-order valence-corrected chi connectivity index (χ0v) is 10.4. The Bertz CT molecular complexity index is 321. The van der Waals surface area contributed by atoms with Crippen molar-refractivity contribution in [3.8, 4) is 0 Å². The van der Waals surface area contributed by atoms with Crippen LogP contribution in [-0.4, -0.2) is 32.6 Å². The van der Waals surface area contributed by atoms with Crippen LogP contribution in [0.4, 0.5) is 0 Å². The molecule has 0 aromatic heterocycles. The third-order valence-corrected chi connectivity index (χ3v) is 4.40. The Kier molecular flexibility index (Phi) is 3.89. The molecule has 0 unspecified atom stereocenters. The average Bonchev–Trinajstić information content (AvgIpc) is 2.15. The van der Waals surface area contributed by atoms with Gasteiger partial charge in [0.05, 0.1) is 4.75 Å². The summed E-state index contributed by atoms with van der Waals surface area (Å²) >= 11 is 0. The SMILES string of the molecule is CC(C)(C)S(=O)(=O)/N=C/C1CCOCC1. The molecule has 0 aromatic carbocycles. The fraction of sp³-hybridized carbons (Fsp3) is 0.900. The second-order valence-electron chi connectivity index (χ2n) is 4.79. The van der Waals surface area contributed by atoms with E-state index in [9.17, 15) is 8.42 Å². The summed E-state index contributed by atoms with van der Waals surface area (Å²) in [7, 11) is -3.37. The molecule has 4 nitrogen and oxygen atoms in total. The molecule has 5 heteroatoms. The van der Waals surface area contributed by atoms with E-state index in [1.54, 1.807) is 27.0 Å². The lowest BCUT2D eigenvalue weighted by atomic mass is 10.0. The number of rotatable bonds is 2. The Morgan fingerprint density at radius 1 is 1.27 bits per heavy atom. The first-order valence-corrected chi connectivity index (χ1v) is 6.65. The molecule has 1 fully saturated rings. The molecule has 0 saturated carbocycles. The minimum Gasteiger partial charge on any atom is -0.381 e. The van der Waals surface area contributed by atoms with Gasteiger partial charge >= 0.3 is 0 Å². The third kappa shape index (κ3) is 3.57. The summed E-state index contributed by atoms with van der Waals surface area (Å²) in [5.74, 6) is 0.246. The summed E-state index contributed by atoms with van der Waals surface area (Å²) in [4.78, 5) is 0. The van der Waals surface area contributed by atoms with Gasteiger partial charge in [0.1, 0.15) is 0 Å². The van der Waals surface area contributed by atoms with Gasteiger partial charge in [-0.25, -0.2) is 8.42 Å². The van der Waals surface area contributed by atoms with Crippen molar-refractivity contribution in [1.29, 1.82) is 0 Å². The average molecular weight is 233 g/mol. The smallest absolute Gasteiger partial charge is 0.257 e. The molecule has 1 rings (SSSR count). The van der Waals surface area contributed by atoms with E-state index >= 15 is 0 Å². The molecule has 0 amide bonds. The Labute approximate surface area is 91.8 Å². The molecule has 1 saturated heterocycles. The maximum atomic E-state index is 11.7. The minimum atomic E-state index is -3.37. The summed E-state index contributed by atoms with van der Waals surface area (Å²) < 4.78 is 31.5. The van der Waals surface area contributed by atoms with Crippen LogP contribution in [-0.2, 0) is 14.8 Å². The first kappa shape index (κ1) is 12.6. The molecule has 1 aliphatic rings. The van der Waals surface area contributed by atoms with Crippen LogP contribution in [0.15, 0.2) is 4.40 Å². The lowest BCUT2D eigenvalue weighted by molar-refractivity contribution is 0.0838. The number of nitrogens with zero attached hydrogens (tertiary/aromatic N) is 1. The molecule has 0 atom stereocenters. The van der Waals surface area contributed by atoms with Crippen LogP contribution in [0, 0.1) is 5.92 Å². The van der Waals surface area contributed by atoms with Crippen molar-refractivity contribution in [2.24, 2.45) is 10.3 Å². The highest BCUT2D eigenvalue weighted by molar-refractivity contribution is 7.91. The Balaban J connectivity index is 2.64. The maximum Gasteiger partial charge on any atom is 0.257 e. The molecule has 0 N–H and O–H groups in total. The van der Waals surface area contributed by atoms with Crippen molar-refractivity contribution in [2.75, 3.05) is 13.2 Å². The lowest BCUT2D eigenvalue weighted by Gasteiger charge is -2.19. The summed E-state index contributed by atoms with van der Waals surface area (Å²) in [6, 6.07) is 0. The Hall–Kier alpha value is -0.420. The standard InChI is InChI=1S/C10H19NO3S/c1-10(2,3)15(12,13)11-8-9-4-6-14-7-5-9/h8-9H,4-7H2,1-3H3/b11-8+. The highest BCUT2D eigenvalue weighted by Gasteiger charge is 2.28. The normalized spacial score (nSPS) is 21.0. The van der Waals surface area contributed by atoms with Crippen LogP contribution in [0.2, 0.25) is 0 Å². The van der Waals surface area contributed by atoms with Crippen molar-refractivity contribution < 1.29 is 13.2 Å². The lowest BCUT2D eigenvalue weighted by Crippen LogP contribution is -2.26. The monoisotopic (exact) mass is 233 g/mol. The summed E-state index contributed by atoms with van der Waals surface area (Å²) in [5, 5.41) is 0. The predicted molar refractivity (Wildman–Crippen MR) is 60.7 cm³/mol. The van der Waals surface area contributed by atoms with Gasteiger partial charge in [-0.1, -0.05) is 0 Å². The molecule has 0 bridgehead atoms. The van der Waals surface area contributed by atoms with Gasteiger partial charge in [0.25, 0.3) is 10.0 Å². The van der Waals surface area contributed by atoms with Crippen molar-refractivity contribution in [1.82, 2.24) is 0 Å². The van der Waals surface area contributed by atoms with E-state index in [-0.39, 0.29) is 5.92 Å². The largest absolute Gasteiger partial charge is 0.381 e. The Morgan fingerprint density at radius 3 is 2.27 bits per heavy atom. The topological polar surface area (TPSA) is 55.7 Å². The predicted octanol–water partition coefficient (Wildman–Crippen LogP) is 1.61. The summed E-state index contributed by atoms with van der Waals surface area (Å²) in [6.07, 6.45) is 3.30. The third-order valence-electron chi connectivity index (χ3n) is 2.45. The fourth-order valence-electron chi connectivity index (χ4n) is 1.19. The molecule has 0 spiro atoms. The molecular weight excluding hydrogens is 214 g/mol. The maximum absolute atomic E-state index is 11.7. The van der Waals surface area contributed by atoms with Crippen molar-refractivity contribution in [3.05, 3.63) is 0 Å². The second-order valence-corrected chi connectivity index (χ2v) is 7.18. The van der Waals surface area contributed by atoms with Gasteiger partial charge in [-0.15, -0.1) is 0 Å². The Morgan fingerprint density at radius 2 is 1.80 bits per heavy atom. The molecule has 1 aliphatic heterocycles. The van der Waals surface area contributed by atoms with Crippen LogP contribution in [0.25, 0.3) is 0 Å². The quantitative estimate of drug-likeness (QED) is 0.681. The van der Waals surface area contributed by atoms with Crippen LogP contribution < -0.4 is 0 Å². The molecule has 88 valence electrons. The van der Waals surface area contributed by atoms with Crippen LogP contribution >= 0.6 is 0 Å². The van der Waals surface area contributed by atoms with Gasteiger partial charge in [-0.2, -0.15) is 4.40 Å². The van der Waals surface area contributed by atoms with Gasteiger partial charge in [0.15, 0.2) is 0 Å². The molecule has 15 heavy (non-hydrogen) atoms. The molecule has 0 radical (unpaired) electrons. The van der Waals surface area contributed by atoms with Crippen LogP contribution in [0.3, 0.4) is 0 Å². The number of hydrogen-bond donors (Lipinski definition) is 0. The number of sulfonamides is 1. The minimum absolute atomic E-state index is 0.246. The van der Waals surface area contributed by atoms with Crippen LogP contribution in [0.1, 0.15) is 33.6 Å². The first-order chi connectivity index (χ1) is 6.83. The first-order valence-electron chi connectivity index (χ1n) is 5.21. The summed E-state index contributed by atoms with van der Waals surface area (Å²) in [6.45, 7) is 6.37. The van der Waals surface area contributed by atoms with E-state index in [4.69, 9.17) is 4.74 Å². The van der Waals surface area contributed by atoms with Gasteiger partial charge in [0.2, 0.25) is 0 Å². The van der Waals surface area contributed by atoms with E-state index in [1.165, 1.54) is 0 Å². The molecule has 1 heterocycles. The van der Waals surface area contributed by atoms with Crippen molar-refractivity contribution in [2.45, 2.75) is 38.4 Å². The fourth-order valence-corrected chi connectivity index (χ4v) is 1.84. The second kappa shape index (κ2) is 4.61. The van der Waals surface area contributed by atoms with Crippen molar-refractivity contribution in [3.63, 3.8) is 0 Å². The van der Waals surface area contributed by atoms with E-state index in [0.717, 1.165) is 12.8 Å². The van der Waals surface area contributed by atoms with Gasteiger partial charge in [-0.3, -0.25) is 0 Å². The van der Waals surface area contributed by atoms with Gasteiger partial charge < -0.3 is 4.74 Å². The van der Waals surface area contributed by atoms with E-state index in [0.29, 0.717) is 13.2 Å². The zero-order chi connectivity index (χ0) is 11.5. The van der Waals surface area contributed by atoms with Gasteiger partial charge in [0, 0.05) is 19.4 Å². The van der Waals surface area contributed by atoms with Gasteiger partial charge in [-0.05, 0) is 39.5 Å². The summed E-state index contributed by atoms with van der Waals surface area (Å²) in [5.41, 5.74) is 0. The number of hydrogen-bond acceptors (Lipinski definition) is 3. The van der Waals surface area contributed by atoms with E-state index in [1.807, 2.05) is 0 Å². The highest BCUT2D eigenvalue weighted by Crippen LogP contribution is 2.18. The highest BCUT2D eigenvalue weighted by atomic mass is 32.2. The van der Waals surface area contributed by atoms with Crippen molar-refractivity contribution >= 4 is 16.2 Å². The molecule has 0 aliphatic carbocycles. The molecular formula is C10H19NO3S. The van der Waals surface area contributed by atoms with Crippen LogP contribution in [0.5, 0.6) is 0 Å². The van der Waals surface area contributed by atoms with E-state index < -0.39 is 14.8 Å².